The monoisotopic (exact) mass is 237 g/mol. The van der Waals surface area contributed by atoms with Gasteiger partial charge in [0.15, 0.2) is 11.6 Å². The van der Waals surface area contributed by atoms with Gasteiger partial charge in [-0.3, -0.25) is 0 Å². The van der Waals surface area contributed by atoms with Crippen LogP contribution in [0, 0.1) is 23.0 Å². The Morgan fingerprint density at radius 3 is 2.59 bits per heavy atom. The first-order valence-electron chi connectivity index (χ1n) is 5.49. The largest absolute Gasteiger partial charge is 0.364 e. The SMILES string of the molecule is CC1CN(c2c(F)cc(C#N)cc2F)CCN1. The average Bonchev–Trinajstić information content (AvgIpc) is 2.28. The third-order valence-electron chi connectivity index (χ3n) is 2.83. The lowest BCUT2D eigenvalue weighted by Gasteiger charge is -2.33. The Labute approximate surface area is 98.6 Å². The van der Waals surface area contributed by atoms with Crippen molar-refractivity contribution in [3.8, 4) is 6.07 Å². The average molecular weight is 237 g/mol. The van der Waals surface area contributed by atoms with E-state index in [4.69, 9.17) is 5.26 Å². The Kier molecular flexibility index (Phi) is 3.25. The molecular weight excluding hydrogens is 224 g/mol. The highest BCUT2D eigenvalue weighted by Crippen LogP contribution is 2.25. The summed E-state index contributed by atoms with van der Waals surface area (Å²) in [5.74, 6) is -1.34. The predicted molar refractivity (Wildman–Crippen MR) is 60.8 cm³/mol. The Morgan fingerprint density at radius 2 is 2.06 bits per heavy atom. The van der Waals surface area contributed by atoms with Gasteiger partial charge in [-0.15, -0.1) is 0 Å². The number of nitrogens with zero attached hydrogens (tertiary/aromatic N) is 2. The molecule has 0 aliphatic carbocycles. The van der Waals surface area contributed by atoms with Gasteiger partial charge < -0.3 is 10.2 Å². The zero-order chi connectivity index (χ0) is 12.4. The molecule has 0 aromatic heterocycles. The smallest absolute Gasteiger partial charge is 0.150 e. The second kappa shape index (κ2) is 4.68. The van der Waals surface area contributed by atoms with Crippen LogP contribution in [0.4, 0.5) is 14.5 Å². The van der Waals surface area contributed by atoms with Crippen molar-refractivity contribution in [2.45, 2.75) is 13.0 Å². The number of nitriles is 1. The zero-order valence-corrected chi connectivity index (χ0v) is 9.50. The highest BCUT2D eigenvalue weighted by atomic mass is 19.1. The summed E-state index contributed by atoms with van der Waals surface area (Å²) in [4.78, 5) is 1.67. The molecule has 2 rings (SSSR count). The molecule has 1 aromatic rings. The number of anilines is 1. The number of nitrogens with one attached hydrogen (secondary N) is 1. The van der Waals surface area contributed by atoms with Gasteiger partial charge in [0.25, 0.3) is 0 Å². The van der Waals surface area contributed by atoms with E-state index in [2.05, 4.69) is 5.32 Å². The van der Waals surface area contributed by atoms with Gasteiger partial charge in [0.1, 0.15) is 5.69 Å². The maximum absolute atomic E-state index is 13.8. The van der Waals surface area contributed by atoms with Crippen LogP contribution in [0.2, 0.25) is 0 Å². The number of halogens is 2. The van der Waals surface area contributed by atoms with E-state index in [1.54, 1.807) is 11.0 Å². The van der Waals surface area contributed by atoms with Crippen molar-refractivity contribution in [1.29, 1.82) is 5.26 Å². The molecule has 0 saturated carbocycles. The third kappa shape index (κ3) is 2.37. The minimum Gasteiger partial charge on any atom is -0.364 e. The first-order valence-corrected chi connectivity index (χ1v) is 5.49. The highest BCUT2D eigenvalue weighted by Gasteiger charge is 2.22. The normalized spacial score (nSPS) is 20.1. The van der Waals surface area contributed by atoms with E-state index < -0.39 is 11.6 Å². The van der Waals surface area contributed by atoms with E-state index >= 15 is 0 Å². The molecule has 1 aliphatic rings. The lowest BCUT2D eigenvalue weighted by atomic mass is 10.1. The molecule has 0 spiro atoms. The van der Waals surface area contributed by atoms with Crippen LogP contribution in [0.5, 0.6) is 0 Å². The van der Waals surface area contributed by atoms with Gasteiger partial charge in [-0.1, -0.05) is 0 Å². The van der Waals surface area contributed by atoms with Gasteiger partial charge in [0.2, 0.25) is 0 Å². The standard InChI is InChI=1S/C12H13F2N3/c1-8-7-17(3-2-16-8)12-10(13)4-9(6-15)5-11(12)14/h4-5,8,16H,2-3,7H2,1H3. The van der Waals surface area contributed by atoms with Crippen LogP contribution in [-0.2, 0) is 0 Å². The van der Waals surface area contributed by atoms with Crippen molar-refractivity contribution in [3.05, 3.63) is 29.3 Å². The number of rotatable bonds is 1. The van der Waals surface area contributed by atoms with Crippen LogP contribution in [-0.4, -0.2) is 25.7 Å². The van der Waals surface area contributed by atoms with E-state index in [-0.39, 0.29) is 17.3 Å². The Bertz CT molecular complexity index is 444. The molecule has 17 heavy (non-hydrogen) atoms. The van der Waals surface area contributed by atoms with Crippen molar-refractivity contribution in [1.82, 2.24) is 5.32 Å². The number of hydrogen-bond acceptors (Lipinski definition) is 3. The van der Waals surface area contributed by atoms with Crippen LogP contribution >= 0.6 is 0 Å². The van der Waals surface area contributed by atoms with E-state index in [1.165, 1.54) is 0 Å². The van der Waals surface area contributed by atoms with Gasteiger partial charge in [0, 0.05) is 25.7 Å². The van der Waals surface area contributed by atoms with Gasteiger partial charge in [-0.05, 0) is 19.1 Å². The maximum atomic E-state index is 13.8. The van der Waals surface area contributed by atoms with Crippen LogP contribution in [0.1, 0.15) is 12.5 Å². The van der Waals surface area contributed by atoms with E-state index in [0.29, 0.717) is 19.6 Å². The summed E-state index contributed by atoms with van der Waals surface area (Å²) in [6.07, 6.45) is 0. The summed E-state index contributed by atoms with van der Waals surface area (Å²) < 4.78 is 27.5. The molecule has 0 amide bonds. The van der Waals surface area contributed by atoms with Gasteiger partial charge in [-0.25, -0.2) is 8.78 Å². The van der Waals surface area contributed by atoms with Crippen LogP contribution in [0.25, 0.3) is 0 Å². The molecule has 1 fully saturated rings. The fourth-order valence-corrected chi connectivity index (χ4v) is 2.07. The molecule has 90 valence electrons. The molecule has 1 aromatic carbocycles. The molecule has 0 bridgehead atoms. The van der Waals surface area contributed by atoms with Crippen LogP contribution in [0.15, 0.2) is 12.1 Å². The summed E-state index contributed by atoms with van der Waals surface area (Å²) in [6, 6.07) is 4.08. The zero-order valence-electron chi connectivity index (χ0n) is 9.50. The maximum Gasteiger partial charge on any atom is 0.150 e. The molecule has 1 unspecified atom stereocenters. The second-order valence-corrected chi connectivity index (χ2v) is 4.20. The lowest BCUT2D eigenvalue weighted by molar-refractivity contribution is 0.470. The topological polar surface area (TPSA) is 39.1 Å². The number of benzene rings is 1. The lowest BCUT2D eigenvalue weighted by Crippen LogP contribution is -2.49. The van der Waals surface area contributed by atoms with Crippen molar-refractivity contribution < 1.29 is 8.78 Å². The quantitative estimate of drug-likeness (QED) is 0.807. The Hall–Kier alpha value is -1.67. The minimum absolute atomic E-state index is 0.00642. The molecule has 1 heterocycles. The van der Waals surface area contributed by atoms with Crippen LogP contribution in [0.3, 0.4) is 0 Å². The number of hydrogen-bond donors (Lipinski definition) is 1. The third-order valence-corrected chi connectivity index (χ3v) is 2.83. The van der Waals surface area contributed by atoms with Crippen LogP contribution < -0.4 is 10.2 Å². The van der Waals surface area contributed by atoms with Crippen molar-refractivity contribution in [3.63, 3.8) is 0 Å². The first kappa shape index (κ1) is 11.8. The van der Waals surface area contributed by atoms with Crippen molar-refractivity contribution in [2.24, 2.45) is 0 Å². The van der Waals surface area contributed by atoms with Gasteiger partial charge >= 0.3 is 0 Å². The van der Waals surface area contributed by atoms with E-state index in [0.717, 1.165) is 12.1 Å². The highest BCUT2D eigenvalue weighted by molar-refractivity contribution is 5.53. The van der Waals surface area contributed by atoms with E-state index in [9.17, 15) is 8.78 Å². The second-order valence-electron chi connectivity index (χ2n) is 4.20. The fourth-order valence-electron chi connectivity index (χ4n) is 2.07. The fraction of sp³-hybridized carbons (Fsp3) is 0.417. The molecule has 3 nitrogen and oxygen atoms in total. The summed E-state index contributed by atoms with van der Waals surface area (Å²) in [6.45, 7) is 3.77. The molecule has 5 heteroatoms. The van der Waals surface area contributed by atoms with Crippen molar-refractivity contribution >= 4 is 5.69 Å². The molecular formula is C12H13F2N3. The molecule has 0 radical (unpaired) electrons. The first-order chi connectivity index (χ1) is 8.11. The predicted octanol–water partition coefficient (Wildman–Crippen LogP) is 1.63. The summed E-state index contributed by atoms with van der Waals surface area (Å²) in [7, 11) is 0. The minimum atomic E-state index is -0.671. The van der Waals surface area contributed by atoms with Gasteiger partial charge in [0.05, 0.1) is 11.6 Å². The number of piperazine rings is 1. The molecule has 1 N–H and O–H groups in total. The summed E-state index contributed by atoms with van der Waals surface area (Å²) in [5, 5.41) is 11.8. The molecule has 1 aliphatic heterocycles. The summed E-state index contributed by atoms with van der Waals surface area (Å²) in [5.41, 5.74) is -0.0238. The molecule has 1 atom stereocenters. The van der Waals surface area contributed by atoms with Gasteiger partial charge in [-0.2, -0.15) is 5.26 Å². The van der Waals surface area contributed by atoms with E-state index in [1.807, 2.05) is 6.92 Å². The Morgan fingerprint density at radius 1 is 1.41 bits per heavy atom. The summed E-state index contributed by atoms with van der Waals surface area (Å²) >= 11 is 0. The van der Waals surface area contributed by atoms with Crippen molar-refractivity contribution in [2.75, 3.05) is 24.5 Å². The molecule has 1 saturated heterocycles. The Balaban J connectivity index is 2.35.